The second-order valence-electron chi connectivity index (χ2n) is 4.43. The molecule has 1 fully saturated rings. The Labute approximate surface area is 105 Å². The minimum Gasteiger partial charge on any atom is -0.396 e. The summed E-state index contributed by atoms with van der Waals surface area (Å²) in [6.07, 6.45) is 4.04. The zero-order valence-corrected chi connectivity index (χ0v) is 10.9. The number of amides is 1. The number of carbonyl (C=O) groups excluding carboxylic acids is 1. The first-order chi connectivity index (χ1) is 8.24. The van der Waals surface area contributed by atoms with Crippen molar-refractivity contribution in [2.24, 2.45) is 0 Å². The molecule has 1 aliphatic rings. The Morgan fingerprint density at radius 1 is 1.65 bits per heavy atom. The number of nitrogens with zero attached hydrogens (tertiary/aromatic N) is 2. The molecule has 1 saturated carbocycles. The standard InChI is InChI=1S/C12H18N2O2S/c1-9-11(17-8-13-9)12(16)14(6-3-7-15)10-4-2-5-10/h8,10,15H,2-7H2,1H3. The summed E-state index contributed by atoms with van der Waals surface area (Å²) < 4.78 is 0. The predicted molar refractivity (Wildman–Crippen MR) is 67.2 cm³/mol. The highest BCUT2D eigenvalue weighted by molar-refractivity contribution is 7.11. The van der Waals surface area contributed by atoms with Crippen molar-refractivity contribution < 1.29 is 9.90 Å². The van der Waals surface area contributed by atoms with E-state index in [1.807, 2.05) is 11.8 Å². The van der Waals surface area contributed by atoms with Crippen LogP contribution in [0.2, 0.25) is 0 Å². The van der Waals surface area contributed by atoms with E-state index in [1.165, 1.54) is 17.8 Å². The molecule has 2 rings (SSSR count). The summed E-state index contributed by atoms with van der Waals surface area (Å²) in [5.74, 6) is 0.0863. The van der Waals surface area contributed by atoms with Crippen molar-refractivity contribution in [1.29, 1.82) is 0 Å². The van der Waals surface area contributed by atoms with Gasteiger partial charge in [-0.15, -0.1) is 11.3 Å². The molecule has 0 spiro atoms. The van der Waals surface area contributed by atoms with Crippen LogP contribution in [-0.4, -0.2) is 40.1 Å². The Kier molecular flexibility index (Phi) is 4.12. The van der Waals surface area contributed by atoms with Crippen LogP contribution in [0.25, 0.3) is 0 Å². The molecular formula is C12H18N2O2S. The largest absolute Gasteiger partial charge is 0.396 e. The minimum absolute atomic E-state index is 0.0863. The number of rotatable bonds is 5. The monoisotopic (exact) mass is 254 g/mol. The van der Waals surface area contributed by atoms with Gasteiger partial charge in [0.1, 0.15) is 4.88 Å². The molecule has 0 saturated heterocycles. The Morgan fingerprint density at radius 3 is 2.88 bits per heavy atom. The predicted octanol–water partition coefficient (Wildman–Crippen LogP) is 1.83. The maximum Gasteiger partial charge on any atom is 0.266 e. The maximum absolute atomic E-state index is 12.4. The van der Waals surface area contributed by atoms with Crippen molar-refractivity contribution in [3.05, 3.63) is 16.1 Å². The van der Waals surface area contributed by atoms with Gasteiger partial charge in [-0.2, -0.15) is 0 Å². The third-order valence-corrected chi connectivity index (χ3v) is 4.19. The second kappa shape index (κ2) is 5.60. The minimum atomic E-state index is 0.0863. The van der Waals surface area contributed by atoms with Crippen molar-refractivity contribution in [2.45, 2.75) is 38.6 Å². The lowest BCUT2D eigenvalue weighted by molar-refractivity contribution is 0.0566. The van der Waals surface area contributed by atoms with Crippen LogP contribution < -0.4 is 0 Å². The van der Waals surface area contributed by atoms with Gasteiger partial charge in [0.25, 0.3) is 5.91 Å². The van der Waals surface area contributed by atoms with Gasteiger partial charge in [-0.3, -0.25) is 4.79 Å². The average molecular weight is 254 g/mol. The molecular weight excluding hydrogens is 236 g/mol. The van der Waals surface area contributed by atoms with Crippen LogP contribution >= 0.6 is 11.3 Å². The number of hydrogen-bond acceptors (Lipinski definition) is 4. The van der Waals surface area contributed by atoms with Gasteiger partial charge in [-0.05, 0) is 32.6 Å². The van der Waals surface area contributed by atoms with Gasteiger partial charge in [0.2, 0.25) is 0 Å². The molecule has 94 valence electrons. The molecule has 1 heterocycles. The number of aromatic nitrogens is 1. The molecule has 0 atom stereocenters. The number of aliphatic hydroxyl groups is 1. The van der Waals surface area contributed by atoms with Crippen molar-refractivity contribution >= 4 is 17.2 Å². The van der Waals surface area contributed by atoms with Gasteiger partial charge in [-0.25, -0.2) is 4.98 Å². The van der Waals surface area contributed by atoms with Gasteiger partial charge in [0, 0.05) is 19.2 Å². The Balaban J connectivity index is 2.09. The summed E-state index contributed by atoms with van der Waals surface area (Å²) >= 11 is 1.41. The van der Waals surface area contributed by atoms with Crippen molar-refractivity contribution in [1.82, 2.24) is 9.88 Å². The average Bonchev–Trinajstić information content (AvgIpc) is 2.67. The summed E-state index contributed by atoms with van der Waals surface area (Å²) in [6.45, 7) is 2.66. The molecule has 1 aliphatic carbocycles. The SMILES string of the molecule is Cc1ncsc1C(=O)N(CCCO)C1CCC1. The first-order valence-electron chi connectivity index (χ1n) is 6.06. The van der Waals surface area contributed by atoms with Crippen LogP contribution in [0.15, 0.2) is 5.51 Å². The molecule has 1 N–H and O–H groups in total. The zero-order chi connectivity index (χ0) is 12.3. The van der Waals surface area contributed by atoms with Crippen LogP contribution in [0.3, 0.4) is 0 Å². The van der Waals surface area contributed by atoms with Crippen LogP contribution in [0.4, 0.5) is 0 Å². The molecule has 5 heteroatoms. The first-order valence-corrected chi connectivity index (χ1v) is 6.94. The Morgan fingerprint density at radius 2 is 2.41 bits per heavy atom. The summed E-state index contributed by atoms with van der Waals surface area (Å²) in [4.78, 5) is 19.2. The van der Waals surface area contributed by atoms with Crippen LogP contribution in [-0.2, 0) is 0 Å². The van der Waals surface area contributed by atoms with Crippen LogP contribution in [0, 0.1) is 6.92 Å². The molecule has 0 bridgehead atoms. The Hall–Kier alpha value is -0.940. The molecule has 0 aromatic carbocycles. The summed E-state index contributed by atoms with van der Waals surface area (Å²) in [7, 11) is 0. The highest BCUT2D eigenvalue weighted by Crippen LogP contribution is 2.27. The van der Waals surface area contributed by atoms with E-state index < -0.39 is 0 Å². The summed E-state index contributed by atoms with van der Waals surface area (Å²) in [5.41, 5.74) is 2.53. The lowest BCUT2D eigenvalue weighted by Gasteiger charge is -2.37. The fraction of sp³-hybridized carbons (Fsp3) is 0.667. The van der Waals surface area contributed by atoms with E-state index in [9.17, 15) is 4.79 Å². The second-order valence-corrected chi connectivity index (χ2v) is 5.28. The van der Waals surface area contributed by atoms with Crippen LogP contribution in [0.5, 0.6) is 0 Å². The smallest absolute Gasteiger partial charge is 0.266 e. The molecule has 1 aromatic heterocycles. The van der Waals surface area contributed by atoms with Gasteiger partial charge in [0.15, 0.2) is 0 Å². The number of aliphatic hydroxyl groups excluding tert-OH is 1. The summed E-state index contributed by atoms with van der Waals surface area (Å²) in [6, 6.07) is 0.371. The highest BCUT2D eigenvalue weighted by Gasteiger charge is 2.30. The van der Waals surface area contributed by atoms with Gasteiger partial charge < -0.3 is 10.0 Å². The maximum atomic E-state index is 12.4. The van der Waals surface area contributed by atoms with E-state index in [1.54, 1.807) is 5.51 Å². The van der Waals surface area contributed by atoms with Gasteiger partial charge in [-0.1, -0.05) is 0 Å². The van der Waals surface area contributed by atoms with Crippen molar-refractivity contribution in [3.8, 4) is 0 Å². The normalized spacial score (nSPS) is 15.6. The van der Waals surface area contributed by atoms with E-state index >= 15 is 0 Å². The number of carbonyl (C=O) groups is 1. The fourth-order valence-electron chi connectivity index (χ4n) is 2.03. The topological polar surface area (TPSA) is 53.4 Å². The molecule has 0 unspecified atom stereocenters. The lowest BCUT2D eigenvalue weighted by atomic mass is 9.91. The highest BCUT2D eigenvalue weighted by atomic mass is 32.1. The van der Waals surface area contributed by atoms with E-state index in [-0.39, 0.29) is 12.5 Å². The zero-order valence-electron chi connectivity index (χ0n) is 10.1. The van der Waals surface area contributed by atoms with Crippen molar-refractivity contribution in [3.63, 3.8) is 0 Å². The number of aryl methyl sites for hydroxylation is 1. The first kappa shape index (κ1) is 12.5. The lowest BCUT2D eigenvalue weighted by Crippen LogP contribution is -2.44. The molecule has 1 aromatic rings. The van der Waals surface area contributed by atoms with E-state index in [0.717, 1.165) is 23.4 Å². The van der Waals surface area contributed by atoms with Crippen LogP contribution in [0.1, 0.15) is 41.0 Å². The molecule has 1 amide bonds. The van der Waals surface area contributed by atoms with Gasteiger partial charge >= 0.3 is 0 Å². The van der Waals surface area contributed by atoms with Gasteiger partial charge in [0.05, 0.1) is 11.2 Å². The molecule has 0 radical (unpaired) electrons. The quantitative estimate of drug-likeness (QED) is 0.872. The molecule has 17 heavy (non-hydrogen) atoms. The third-order valence-electron chi connectivity index (χ3n) is 3.27. The summed E-state index contributed by atoms with van der Waals surface area (Å²) in [5, 5.41) is 8.91. The molecule has 4 nitrogen and oxygen atoms in total. The van der Waals surface area contributed by atoms with E-state index in [4.69, 9.17) is 5.11 Å². The fourth-order valence-corrected chi connectivity index (χ4v) is 2.78. The van der Waals surface area contributed by atoms with E-state index in [0.29, 0.717) is 19.0 Å². The third kappa shape index (κ3) is 2.66. The molecule has 0 aliphatic heterocycles. The van der Waals surface area contributed by atoms with Crippen molar-refractivity contribution in [2.75, 3.05) is 13.2 Å². The number of thiazole rings is 1. The Bertz CT molecular complexity index is 388. The number of hydrogen-bond donors (Lipinski definition) is 1. The van der Waals surface area contributed by atoms with E-state index in [2.05, 4.69) is 4.98 Å².